The van der Waals surface area contributed by atoms with Crippen LogP contribution in [0.1, 0.15) is 29.8 Å². The lowest BCUT2D eigenvalue weighted by atomic mass is 9.91. The quantitative estimate of drug-likeness (QED) is 0.213. The number of carbonyl (C=O) groups excluding carboxylic acids is 2. The molecule has 2 aliphatic rings. The molecule has 0 aliphatic carbocycles. The molecule has 2 amide bonds. The molecule has 43 heavy (non-hydrogen) atoms. The highest BCUT2D eigenvalue weighted by Gasteiger charge is 2.27. The van der Waals surface area contributed by atoms with Gasteiger partial charge in [-0.2, -0.15) is 0 Å². The van der Waals surface area contributed by atoms with Gasteiger partial charge in [-0.25, -0.2) is 0 Å². The number of likely N-dealkylation sites (N-methyl/N-ethyl adjacent to an activating group) is 2. The number of anilines is 2. The third-order valence-corrected chi connectivity index (χ3v) is 8.80. The van der Waals surface area contributed by atoms with Gasteiger partial charge >= 0.3 is 0 Å². The van der Waals surface area contributed by atoms with Gasteiger partial charge in [0.25, 0.3) is 11.8 Å². The van der Waals surface area contributed by atoms with Gasteiger partial charge in [0.15, 0.2) is 0 Å². The van der Waals surface area contributed by atoms with E-state index in [2.05, 4.69) is 93.4 Å². The number of benzene rings is 3. The van der Waals surface area contributed by atoms with E-state index in [1.807, 2.05) is 30.3 Å². The lowest BCUT2D eigenvalue weighted by molar-refractivity contribution is -0.114. The molecule has 1 aromatic heterocycles. The summed E-state index contributed by atoms with van der Waals surface area (Å²) in [5.41, 5.74) is 6.83. The molecule has 3 heterocycles. The van der Waals surface area contributed by atoms with E-state index in [1.54, 1.807) is 6.20 Å². The third-order valence-electron chi connectivity index (χ3n) is 8.80. The van der Waals surface area contributed by atoms with E-state index in [4.69, 9.17) is 0 Å². The Bertz CT molecular complexity index is 1660. The fraction of sp³-hybridized carbons (Fsp3) is 0.314. The minimum absolute atomic E-state index is 0.374. The molecule has 0 saturated carbocycles. The molecule has 1 saturated heterocycles. The van der Waals surface area contributed by atoms with Crippen LogP contribution in [0.2, 0.25) is 0 Å². The molecule has 2 N–H and O–H groups in total. The number of rotatable bonds is 9. The highest BCUT2D eigenvalue weighted by atomic mass is 16.2. The average molecular weight is 577 g/mol. The van der Waals surface area contributed by atoms with Crippen molar-refractivity contribution in [2.45, 2.75) is 20.4 Å². The van der Waals surface area contributed by atoms with Crippen molar-refractivity contribution < 1.29 is 9.59 Å². The van der Waals surface area contributed by atoms with E-state index in [9.17, 15) is 9.59 Å². The van der Waals surface area contributed by atoms with E-state index in [-0.39, 0.29) is 5.91 Å². The summed E-state index contributed by atoms with van der Waals surface area (Å²) in [6.07, 6.45) is 3.85. The molecule has 1 fully saturated rings. The summed E-state index contributed by atoms with van der Waals surface area (Å²) < 4.78 is 2.30. The maximum absolute atomic E-state index is 13.0. The van der Waals surface area contributed by atoms with Crippen molar-refractivity contribution in [1.29, 1.82) is 0 Å². The third kappa shape index (κ3) is 6.07. The van der Waals surface area contributed by atoms with E-state index in [0.29, 0.717) is 16.7 Å². The lowest BCUT2D eigenvalue weighted by Gasteiger charge is -2.34. The van der Waals surface area contributed by atoms with Crippen LogP contribution in [0.15, 0.2) is 79.1 Å². The van der Waals surface area contributed by atoms with Crippen molar-refractivity contribution in [2.24, 2.45) is 0 Å². The van der Waals surface area contributed by atoms with Crippen LogP contribution < -0.4 is 15.5 Å². The zero-order valence-corrected chi connectivity index (χ0v) is 25.3. The first-order valence-electron chi connectivity index (χ1n) is 15.3. The first-order valence-corrected chi connectivity index (χ1v) is 15.3. The van der Waals surface area contributed by atoms with Gasteiger partial charge in [-0.1, -0.05) is 26.0 Å². The molecule has 3 aromatic carbocycles. The fourth-order valence-corrected chi connectivity index (χ4v) is 6.00. The number of nitrogens with zero attached hydrogens (tertiary/aromatic N) is 4. The predicted octanol–water partition coefficient (Wildman–Crippen LogP) is 5.12. The second-order valence-electron chi connectivity index (χ2n) is 11.4. The van der Waals surface area contributed by atoms with Crippen molar-refractivity contribution in [2.75, 3.05) is 63.1 Å². The molecule has 8 nitrogen and oxygen atoms in total. The molecule has 0 unspecified atom stereocenters. The van der Waals surface area contributed by atoms with Gasteiger partial charge < -0.3 is 24.6 Å². The van der Waals surface area contributed by atoms with E-state index in [0.717, 1.165) is 69.2 Å². The summed E-state index contributed by atoms with van der Waals surface area (Å²) in [6, 6.07) is 22.6. The number of amides is 2. The molecule has 2 aliphatic heterocycles. The fourth-order valence-electron chi connectivity index (χ4n) is 6.00. The number of hydrogen-bond donors (Lipinski definition) is 2. The van der Waals surface area contributed by atoms with E-state index >= 15 is 0 Å². The number of piperazine rings is 1. The van der Waals surface area contributed by atoms with Crippen LogP contribution in [0.3, 0.4) is 0 Å². The molecule has 0 spiro atoms. The average Bonchev–Trinajstić information content (AvgIpc) is 3.44. The molecule has 0 radical (unpaired) electrons. The van der Waals surface area contributed by atoms with Crippen LogP contribution in [0, 0.1) is 0 Å². The maximum Gasteiger partial charge on any atom is 0.260 e. The topological polar surface area (TPSA) is 72.8 Å². The van der Waals surface area contributed by atoms with Crippen LogP contribution in [-0.4, -0.2) is 79.0 Å². The van der Waals surface area contributed by atoms with Crippen LogP contribution in [0.4, 0.5) is 11.4 Å². The van der Waals surface area contributed by atoms with Gasteiger partial charge in [0.2, 0.25) is 0 Å². The second-order valence-corrected chi connectivity index (χ2v) is 11.4. The summed E-state index contributed by atoms with van der Waals surface area (Å²) in [5.74, 6) is -0.780. The summed E-state index contributed by atoms with van der Waals surface area (Å²) in [5, 5.41) is 6.94. The summed E-state index contributed by atoms with van der Waals surface area (Å²) in [6.45, 7) is 12.6. The van der Waals surface area contributed by atoms with Gasteiger partial charge in [-0.15, -0.1) is 0 Å². The molecular formula is C35H40N6O2. The largest absolute Gasteiger partial charge is 0.369 e. The van der Waals surface area contributed by atoms with Crippen LogP contribution in [0.5, 0.6) is 0 Å². The molecule has 0 bridgehead atoms. The van der Waals surface area contributed by atoms with Gasteiger partial charge in [0, 0.05) is 85.1 Å². The normalized spacial score (nSPS) is 16.7. The Morgan fingerprint density at radius 1 is 0.837 bits per heavy atom. The van der Waals surface area contributed by atoms with Crippen LogP contribution in [-0.2, 0) is 11.3 Å². The molecular weight excluding hydrogens is 536 g/mol. The molecule has 0 atom stereocenters. The number of aromatic nitrogens is 1. The number of nitrogens with one attached hydrogen (secondary N) is 2. The van der Waals surface area contributed by atoms with Crippen molar-refractivity contribution in [3.05, 3.63) is 90.3 Å². The van der Waals surface area contributed by atoms with Crippen molar-refractivity contribution in [1.82, 2.24) is 19.7 Å². The SMILES string of the molecule is CCN(CC)CCn1ccc2cc(-c3ccc4c(c3)C(=CNc3ccc(N5CCN(C)CC5)cc3)C(=O)NC4=O)ccc21. The Kier molecular flexibility index (Phi) is 8.31. The van der Waals surface area contributed by atoms with Gasteiger partial charge in [0.1, 0.15) is 0 Å². The predicted molar refractivity (Wildman–Crippen MR) is 175 cm³/mol. The van der Waals surface area contributed by atoms with Crippen LogP contribution >= 0.6 is 0 Å². The minimum Gasteiger partial charge on any atom is -0.369 e. The van der Waals surface area contributed by atoms with E-state index in [1.165, 1.54) is 16.6 Å². The van der Waals surface area contributed by atoms with Crippen molar-refractivity contribution in [3.63, 3.8) is 0 Å². The molecule has 222 valence electrons. The minimum atomic E-state index is -0.406. The Morgan fingerprint density at radius 3 is 2.30 bits per heavy atom. The Hall–Kier alpha value is -4.40. The summed E-state index contributed by atoms with van der Waals surface area (Å²) >= 11 is 0. The van der Waals surface area contributed by atoms with Crippen molar-refractivity contribution in [3.8, 4) is 11.1 Å². The van der Waals surface area contributed by atoms with Gasteiger partial charge in [0.05, 0.1) is 5.57 Å². The Labute approximate surface area is 253 Å². The van der Waals surface area contributed by atoms with Gasteiger partial charge in [-0.3, -0.25) is 14.9 Å². The Morgan fingerprint density at radius 2 is 1.56 bits per heavy atom. The smallest absolute Gasteiger partial charge is 0.260 e. The monoisotopic (exact) mass is 576 g/mol. The first kappa shape index (κ1) is 28.7. The van der Waals surface area contributed by atoms with Crippen molar-refractivity contribution >= 4 is 39.7 Å². The summed E-state index contributed by atoms with van der Waals surface area (Å²) in [4.78, 5) is 32.9. The lowest BCUT2D eigenvalue weighted by Crippen LogP contribution is -2.44. The van der Waals surface area contributed by atoms with E-state index < -0.39 is 5.91 Å². The van der Waals surface area contributed by atoms with Gasteiger partial charge in [-0.05, 0) is 85.9 Å². The Balaban J connectivity index is 1.23. The molecule has 6 rings (SSSR count). The van der Waals surface area contributed by atoms with Crippen LogP contribution in [0.25, 0.3) is 27.6 Å². The second kappa shape index (κ2) is 12.5. The number of imide groups is 1. The molecule has 8 heteroatoms. The number of carbonyl (C=O) groups is 2. The first-order chi connectivity index (χ1) is 20.9. The highest BCUT2D eigenvalue weighted by Crippen LogP contribution is 2.32. The summed E-state index contributed by atoms with van der Waals surface area (Å²) in [7, 11) is 2.15. The zero-order chi connectivity index (χ0) is 29.9. The molecule has 4 aromatic rings. The number of hydrogen-bond acceptors (Lipinski definition) is 6. The standard InChI is InChI=1S/C35H40N6O2/c1-4-39(5-2)18-21-41-15-14-27-22-25(7-13-33(27)41)26-6-12-30-31(23-26)32(35(43)37-34(30)42)24-36-28-8-10-29(11-9-28)40-19-16-38(3)17-20-40/h6-15,22-24,36H,4-5,16-21H2,1-3H3,(H,37,42,43). The highest BCUT2D eigenvalue weighted by molar-refractivity contribution is 6.31. The zero-order valence-electron chi connectivity index (χ0n) is 25.3. The number of fused-ring (bicyclic) bond motifs is 2. The maximum atomic E-state index is 13.0.